The third kappa shape index (κ3) is 3.65. The minimum atomic E-state index is -0.294. The van der Waals surface area contributed by atoms with Gasteiger partial charge in [-0.15, -0.1) is 0 Å². The molecule has 1 saturated heterocycles. The maximum atomic E-state index is 13.5. The van der Waals surface area contributed by atoms with E-state index >= 15 is 0 Å². The molecule has 1 saturated carbocycles. The SMILES string of the molecule is CN(C)CCCC1(c2ccc(F)cc2)OCC2C[C@@](C)(C=N)CCC21. The lowest BCUT2D eigenvalue weighted by Crippen LogP contribution is -2.40. The van der Waals surface area contributed by atoms with Crippen LogP contribution in [0.2, 0.25) is 0 Å². The summed E-state index contributed by atoms with van der Waals surface area (Å²) in [5.74, 6) is 0.764. The first-order chi connectivity index (χ1) is 11.9. The number of benzene rings is 1. The second-order valence-corrected chi connectivity index (χ2v) is 8.52. The Morgan fingerprint density at radius 1 is 1.32 bits per heavy atom. The minimum Gasteiger partial charge on any atom is -0.370 e. The van der Waals surface area contributed by atoms with Crippen LogP contribution in [0.4, 0.5) is 4.39 Å². The Labute approximate surface area is 151 Å². The fraction of sp³-hybridized carbons (Fsp3) is 0.667. The molecule has 1 aromatic carbocycles. The third-order valence-corrected chi connectivity index (χ3v) is 6.31. The van der Waals surface area contributed by atoms with Crippen molar-refractivity contribution in [3.8, 4) is 0 Å². The van der Waals surface area contributed by atoms with E-state index in [1.165, 1.54) is 0 Å². The third-order valence-electron chi connectivity index (χ3n) is 6.31. The number of halogens is 1. The molecule has 3 nitrogen and oxygen atoms in total. The quantitative estimate of drug-likeness (QED) is 0.772. The van der Waals surface area contributed by atoms with Crippen molar-refractivity contribution < 1.29 is 9.13 Å². The minimum absolute atomic E-state index is 0.00698. The van der Waals surface area contributed by atoms with Crippen molar-refractivity contribution in [1.82, 2.24) is 4.90 Å². The van der Waals surface area contributed by atoms with Crippen LogP contribution in [0.3, 0.4) is 0 Å². The Kier molecular flexibility index (Phi) is 5.31. The number of hydrogen-bond acceptors (Lipinski definition) is 3. The van der Waals surface area contributed by atoms with E-state index in [-0.39, 0.29) is 16.8 Å². The summed E-state index contributed by atoms with van der Waals surface area (Å²) in [6, 6.07) is 6.95. The van der Waals surface area contributed by atoms with E-state index in [2.05, 4.69) is 25.9 Å². The normalized spacial score (nSPS) is 34.9. The van der Waals surface area contributed by atoms with Crippen LogP contribution >= 0.6 is 0 Å². The molecule has 0 amide bonds. The van der Waals surface area contributed by atoms with E-state index in [1.54, 1.807) is 18.3 Å². The molecule has 2 fully saturated rings. The van der Waals surface area contributed by atoms with Crippen LogP contribution in [-0.2, 0) is 10.3 Å². The highest BCUT2D eigenvalue weighted by Crippen LogP contribution is 2.56. The number of ether oxygens (including phenoxy) is 1. The van der Waals surface area contributed by atoms with Crippen molar-refractivity contribution in [3.63, 3.8) is 0 Å². The molecular weight excluding hydrogens is 315 g/mol. The summed E-state index contributed by atoms with van der Waals surface area (Å²) >= 11 is 0. The van der Waals surface area contributed by atoms with Gasteiger partial charge in [-0.25, -0.2) is 4.39 Å². The Morgan fingerprint density at radius 3 is 2.68 bits per heavy atom. The number of nitrogens with one attached hydrogen (secondary N) is 1. The monoisotopic (exact) mass is 346 g/mol. The van der Waals surface area contributed by atoms with Crippen molar-refractivity contribution in [1.29, 1.82) is 5.41 Å². The van der Waals surface area contributed by atoms with E-state index in [4.69, 9.17) is 10.1 Å². The van der Waals surface area contributed by atoms with Gasteiger partial charge in [0.05, 0.1) is 12.2 Å². The fourth-order valence-electron chi connectivity index (χ4n) is 4.94. The molecule has 2 aliphatic rings. The molecule has 1 N–H and O–H groups in total. The summed E-state index contributed by atoms with van der Waals surface area (Å²) in [5, 5.41) is 7.78. The number of nitrogens with zero attached hydrogens (tertiary/aromatic N) is 1. The van der Waals surface area contributed by atoms with Gasteiger partial charge < -0.3 is 15.0 Å². The van der Waals surface area contributed by atoms with Crippen molar-refractivity contribution in [2.24, 2.45) is 17.3 Å². The average molecular weight is 346 g/mol. The second-order valence-electron chi connectivity index (χ2n) is 8.52. The summed E-state index contributed by atoms with van der Waals surface area (Å²) in [4.78, 5) is 2.21. The number of rotatable bonds is 6. The lowest BCUT2D eigenvalue weighted by Gasteiger charge is -2.43. The van der Waals surface area contributed by atoms with Crippen LogP contribution < -0.4 is 0 Å². The summed E-state index contributed by atoms with van der Waals surface area (Å²) in [5.41, 5.74) is 0.837. The summed E-state index contributed by atoms with van der Waals surface area (Å²) in [6.45, 7) is 3.98. The molecule has 1 aromatic rings. The fourth-order valence-corrected chi connectivity index (χ4v) is 4.94. The largest absolute Gasteiger partial charge is 0.370 e. The predicted octanol–water partition coefficient (Wildman–Crippen LogP) is 4.47. The van der Waals surface area contributed by atoms with Crippen LogP contribution in [-0.4, -0.2) is 38.4 Å². The molecule has 3 rings (SSSR count). The van der Waals surface area contributed by atoms with Crippen molar-refractivity contribution in [2.45, 2.75) is 44.6 Å². The first-order valence-electron chi connectivity index (χ1n) is 9.45. The van der Waals surface area contributed by atoms with Crippen molar-refractivity contribution >= 4 is 6.21 Å². The van der Waals surface area contributed by atoms with Crippen LogP contribution in [0.1, 0.15) is 44.6 Å². The van der Waals surface area contributed by atoms with Gasteiger partial charge in [0.25, 0.3) is 0 Å². The molecule has 1 aliphatic carbocycles. The van der Waals surface area contributed by atoms with Gasteiger partial charge in [-0.05, 0) is 82.3 Å². The highest BCUT2D eigenvalue weighted by Gasteiger charge is 2.53. The molecule has 4 heteroatoms. The molecular formula is C21H31FN2O. The van der Waals surface area contributed by atoms with Crippen molar-refractivity contribution in [3.05, 3.63) is 35.6 Å². The maximum Gasteiger partial charge on any atom is 0.123 e. The molecule has 0 bridgehead atoms. The molecule has 25 heavy (non-hydrogen) atoms. The molecule has 1 heterocycles. The van der Waals surface area contributed by atoms with Crippen LogP contribution in [0, 0.1) is 28.5 Å². The second kappa shape index (κ2) is 7.16. The molecule has 0 spiro atoms. The summed E-state index contributed by atoms with van der Waals surface area (Å²) < 4.78 is 20.0. The zero-order valence-electron chi connectivity index (χ0n) is 15.7. The van der Waals surface area contributed by atoms with Gasteiger partial charge in [-0.2, -0.15) is 0 Å². The molecule has 138 valence electrons. The summed E-state index contributed by atoms with van der Waals surface area (Å²) in [6.07, 6.45) is 6.81. The highest BCUT2D eigenvalue weighted by molar-refractivity contribution is 5.62. The van der Waals surface area contributed by atoms with Gasteiger partial charge in [0.1, 0.15) is 5.82 Å². The lowest BCUT2D eigenvalue weighted by atomic mass is 9.61. The van der Waals surface area contributed by atoms with E-state index in [1.807, 2.05) is 12.1 Å². The van der Waals surface area contributed by atoms with Gasteiger partial charge in [0.2, 0.25) is 0 Å². The molecule has 1 aliphatic heterocycles. The van der Waals surface area contributed by atoms with E-state index in [0.29, 0.717) is 11.8 Å². The Morgan fingerprint density at radius 2 is 2.04 bits per heavy atom. The molecule has 4 atom stereocenters. The molecule has 0 aromatic heterocycles. The highest BCUT2D eigenvalue weighted by atomic mass is 19.1. The predicted molar refractivity (Wildman–Crippen MR) is 99.5 cm³/mol. The summed E-state index contributed by atoms with van der Waals surface area (Å²) in [7, 11) is 4.19. The van der Waals surface area contributed by atoms with Crippen LogP contribution in [0.25, 0.3) is 0 Å². The molecule has 0 radical (unpaired) electrons. The van der Waals surface area contributed by atoms with Crippen LogP contribution in [0.15, 0.2) is 24.3 Å². The van der Waals surface area contributed by atoms with Gasteiger partial charge in [0.15, 0.2) is 0 Å². The Hall–Kier alpha value is -1.26. The van der Waals surface area contributed by atoms with Gasteiger partial charge in [-0.3, -0.25) is 0 Å². The average Bonchev–Trinajstić information content (AvgIpc) is 2.94. The molecule has 3 unspecified atom stereocenters. The van der Waals surface area contributed by atoms with Gasteiger partial charge in [-0.1, -0.05) is 19.1 Å². The van der Waals surface area contributed by atoms with Gasteiger partial charge in [0, 0.05) is 11.6 Å². The maximum absolute atomic E-state index is 13.5. The Balaban J connectivity index is 1.87. The topological polar surface area (TPSA) is 36.3 Å². The standard InChI is InChI=1S/C21H31FN2O/c1-20(15-23)11-9-19-16(13-20)14-25-21(19,10-4-12-24(2)3)17-5-7-18(22)8-6-17/h5-8,15-16,19,23H,4,9-14H2,1-3H3/t16?,19?,20-,21?/m0/s1. The van der Waals surface area contributed by atoms with Gasteiger partial charge >= 0.3 is 0 Å². The smallest absolute Gasteiger partial charge is 0.123 e. The van der Waals surface area contributed by atoms with E-state index in [0.717, 1.165) is 50.8 Å². The lowest BCUT2D eigenvalue weighted by molar-refractivity contribution is -0.0413. The zero-order chi connectivity index (χ0) is 18.1. The first kappa shape index (κ1) is 18.5. The van der Waals surface area contributed by atoms with E-state index < -0.39 is 0 Å². The van der Waals surface area contributed by atoms with Crippen molar-refractivity contribution in [2.75, 3.05) is 27.2 Å². The van der Waals surface area contributed by atoms with E-state index in [9.17, 15) is 4.39 Å². The number of hydrogen-bond donors (Lipinski definition) is 1. The number of fused-ring (bicyclic) bond motifs is 1. The zero-order valence-corrected chi connectivity index (χ0v) is 15.7. The van der Waals surface area contributed by atoms with Crippen LogP contribution in [0.5, 0.6) is 0 Å². The first-order valence-corrected chi connectivity index (χ1v) is 9.45. The Bertz CT molecular complexity index is 602.